The van der Waals surface area contributed by atoms with Gasteiger partial charge in [-0.15, -0.1) is 12.4 Å². The van der Waals surface area contributed by atoms with Crippen LogP contribution in [0.25, 0.3) is 0 Å². The molecule has 0 saturated carbocycles. The van der Waals surface area contributed by atoms with Crippen LogP contribution < -0.4 is 14.8 Å². The van der Waals surface area contributed by atoms with Gasteiger partial charge in [0.1, 0.15) is 5.82 Å². The molecule has 0 aliphatic heterocycles. The van der Waals surface area contributed by atoms with Gasteiger partial charge in [0.05, 0.1) is 18.2 Å². The van der Waals surface area contributed by atoms with Gasteiger partial charge < -0.3 is 14.8 Å². The minimum atomic E-state index is -0.209. The molecule has 0 amide bonds. The molecule has 2 rings (SSSR count). The number of hydrogen-bond acceptors (Lipinski definition) is 3. The summed E-state index contributed by atoms with van der Waals surface area (Å²) >= 11 is 6.30. The van der Waals surface area contributed by atoms with Crippen molar-refractivity contribution in [2.45, 2.75) is 26.8 Å². The highest BCUT2D eigenvalue weighted by atomic mass is 35.5. The van der Waals surface area contributed by atoms with Crippen molar-refractivity contribution in [3.8, 4) is 11.5 Å². The fourth-order valence-electron chi connectivity index (χ4n) is 2.39. The number of hydrogen-bond donors (Lipinski definition) is 1. The average molecular weight is 388 g/mol. The Morgan fingerprint density at radius 1 is 1.00 bits per heavy atom. The van der Waals surface area contributed by atoms with Gasteiger partial charge in [0, 0.05) is 6.54 Å². The molecular formula is C19H24Cl2FNO2. The minimum Gasteiger partial charge on any atom is -0.490 e. The van der Waals surface area contributed by atoms with E-state index < -0.39 is 0 Å². The second-order valence-electron chi connectivity index (χ2n) is 5.32. The molecule has 0 fully saturated rings. The van der Waals surface area contributed by atoms with E-state index in [-0.39, 0.29) is 18.2 Å². The lowest BCUT2D eigenvalue weighted by atomic mass is 10.1. The van der Waals surface area contributed by atoms with Crippen LogP contribution in [0.1, 0.15) is 25.0 Å². The lowest BCUT2D eigenvalue weighted by Gasteiger charge is -2.14. The van der Waals surface area contributed by atoms with Gasteiger partial charge in [0.2, 0.25) is 0 Å². The van der Waals surface area contributed by atoms with Crippen molar-refractivity contribution in [3.63, 3.8) is 0 Å². The van der Waals surface area contributed by atoms with Crippen LogP contribution in [0.2, 0.25) is 5.02 Å². The molecule has 2 aromatic rings. The molecule has 0 radical (unpaired) electrons. The number of rotatable bonds is 9. The van der Waals surface area contributed by atoms with E-state index in [1.807, 2.05) is 26.0 Å². The summed E-state index contributed by atoms with van der Waals surface area (Å²) in [5.41, 5.74) is 2.13. The van der Waals surface area contributed by atoms with E-state index >= 15 is 0 Å². The predicted octanol–water partition coefficient (Wildman–Crippen LogP) is 5.03. The van der Waals surface area contributed by atoms with Crippen molar-refractivity contribution >= 4 is 24.0 Å². The van der Waals surface area contributed by atoms with Crippen molar-refractivity contribution in [1.29, 1.82) is 0 Å². The molecule has 0 heterocycles. The van der Waals surface area contributed by atoms with Crippen molar-refractivity contribution in [2.24, 2.45) is 0 Å². The maximum atomic E-state index is 12.9. The maximum absolute atomic E-state index is 12.9. The Morgan fingerprint density at radius 2 is 1.68 bits per heavy atom. The Morgan fingerprint density at radius 3 is 2.32 bits per heavy atom. The largest absolute Gasteiger partial charge is 0.490 e. The molecule has 0 spiro atoms. The highest BCUT2D eigenvalue weighted by Gasteiger charge is 2.12. The lowest BCUT2D eigenvalue weighted by Crippen LogP contribution is -2.17. The molecule has 138 valence electrons. The second kappa shape index (κ2) is 11.2. The van der Waals surface area contributed by atoms with Crippen LogP contribution in [0, 0.1) is 5.82 Å². The monoisotopic (exact) mass is 387 g/mol. The van der Waals surface area contributed by atoms with Crippen molar-refractivity contribution in [3.05, 3.63) is 58.4 Å². The molecule has 0 bridgehead atoms. The van der Waals surface area contributed by atoms with Crippen LogP contribution in [0.15, 0.2) is 36.4 Å². The van der Waals surface area contributed by atoms with E-state index in [1.165, 1.54) is 12.1 Å². The molecule has 0 aromatic heterocycles. The zero-order valence-electron chi connectivity index (χ0n) is 14.5. The van der Waals surface area contributed by atoms with Crippen LogP contribution in [0.4, 0.5) is 4.39 Å². The van der Waals surface area contributed by atoms with Gasteiger partial charge in [0.25, 0.3) is 0 Å². The molecule has 0 atom stereocenters. The van der Waals surface area contributed by atoms with Crippen LogP contribution >= 0.6 is 24.0 Å². The normalized spacial score (nSPS) is 10.2. The molecule has 0 aliphatic rings. The first-order valence-electron chi connectivity index (χ1n) is 8.17. The van der Waals surface area contributed by atoms with Gasteiger partial charge >= 0.3 is 0 Å². The fourth-order valence-corrected chi connectivity index (χ4v) is 2.68. The molecule has 0 aliphatic carbocycles. The molecule has 3 nitrogen and oxygen atoms in total. The van der Waals surface area contributed by atoms with Gasteiger partial charge in [0.15, 0.2) is 11.5 Å². The Kier molecular flexibility index (Phi) is 9.65. The van der Waals surface area contributed by atoms with Gasteiger partial charge in [-0.05, 0) is 62.2 Å². The molecular weight excluding hydrogens is 364 g/mol. The molecule has 2 aromatic carbocycles. The van der Waals surface area contributed by atoms with E-state index in [0.717, 1.165) is 24.1 Å². The predicted molar refractivity (Wildman–Crippen MR) is 103 cm³/mol. The SMILES string of the molecule is CCOc1cc(CNCCc2ccc(F)cc2)cc(Cl)c1OCC.Cl. The maximum Gasteiger partial charge on any atom is 0.179 e. The van der Waals surface area contributed by atoms with Crippen LogP contribution in [0.5, 0.6) is 11.5 Å². The van der Waals surface area contributed by atoms with E-state index in [0.29, 0.717) is 36.3 Å². The van der Waals surface area contributed by atoms with Gasteiger partial charge in [-0.1, -0.05) is 23.7 Å². The third-order valence-corrected chi connectivity index (χ3v) is 3.77. The summed E-state index contributed by atoms with van der Waals surface area (Å²) in [4.78, 5) is 0. The van der Waals surface area contributed by atoms with E-state index in [9.17, 15) is 4.39 Å². The highest BCUT2D eigenvalue weighted by molar-refractivity contribution is 6.32. The van der Waals surface area contributed by atoms with Gasteiger partial charge in [-0.25, -0.2) is 4.39 Å². The smallest absolute Gasteiger partial charge is 0.179 e. The summed E-state index contributed by atoms with van der Waals surface area (Å²) in [7, 11) is 0. The Labute approximate surface area is 159 Å². The first-order valence-corrected chi connectivity index (χ1v) is 8.55. The summed E-state index contributed by atoms with van der Waals surface area (Å²) in [6, 6.07) is 10.4. The van der Waals surface area contributed by atoms with E-state index in [4.69, 9.17) is 21.1 Å². The third-order valence-electron chi connectivity index (χ3n) is 3.49. The molecule has 0 saturated heterocycles. The van der Waals surface area contributed by atoms with Gasteiger partial charge in [-0.3, -0.25) is 0 Å². The summed E-state index contributed by atoms with van der Waals surface area (Å²) in [6.07, 6.45) is 0.837. The van der Waals surface area contributed by atoms with Crippen LogP contribution in [-0.4, -0.2) is 19.8 Å². The van der Waals surface area contributed by atoms with Crippen LogP contribution in [-0.2, 0) is 13.0 Å². The first-order chi connectivity index (χ1) is 11.6. The Bertz CT molecular complexity index is 651. The quantitative estimate of drug-likeness (QED) is 0.611. The average Bonchev–Trinajstić information content (AvgIpc) is 2.57. The number of benzene rings is 2. The summed E-state index contributed by atoms with van der Waals surface area (Å²) in [5, 5.41) is 3.92. The van der Waals surface area contributed by atoms with Crippen molar-refractivity contribution < 1.29 is 13.9 Å². The van der Waals surface area contributed by atoms with Crippen molar-refractivity contribution in [1.82, 2.24) is 5.32 Å². The standard InChI is InChI=1S/C19H23ClFNO2.ClH/c1-3-23-18-12-15(11-17(20)19(18)24-4-2)13-22-10-9-14-5-7-16(21)8-6-14;/h5-8,11-12,22H,3-4,9-10,13H2,1-2H3;1H. The fraction of sp³-hybridized carbons (Fsp3) is 0.368. The third kappa shape index (κ3) is 6.73. The van der Waals surface area contributed by atoms with E-state index in [1.54, 1.807) is 12.1 Å². The summed E-state index contributed by atoms with van der Waals surface area (Å²) in [6.45, 7) is 6.40. The molecule has 0 unspecified atom stereocenters. The molecule has 25 heavy (non-hydrogen) atoms. The van der Waals surface area contributed by atoms with E-state index in [2.05, 4.69) is 5.32 Å². The Hall–Kier alpha value is -1.49. The first kappa shape index (κ1) is 21.6. The van der Waals surface area contributed by atoms with Crippen molar-refractivity contribution in [2.75, 3.05) is 19.8 Å². The summed E-state index contributed by atoms with van der Waals surface area (Å²) < 4.78 is 24.1. The number of halogens is 3. The zero-order chi connectivity index (χ0) is 17.4. The number of ether oxygens (including phenoxy) is 2. The molecule has 6 heteroatoms. The second-order valence-corrected chi connectivity index (χ2v) is 5.73. The minimum absolute atomic E-state index is 0. The van der Waals surface area contributed by atoms with Crippen LogP contribution in [0.3, 0.4) is 0 Å². The topological polar surface area (TPSA) is 30.5 Å². The summed E-state index contributed by atoms with van der Waals surface area (Å²) in [5.74, 6) is 1.05. The Balaban J connectivity index is 0.00000312. The lowest BCUT2D eigenvalue weighted by molar-refractivity contribution is 0.287. The number of nitrogens with one attached hydrogen (secondary N) is 1. The highest BCUT2D eigenvalue weighted by Crippen LogP contribution is 2.36. The zero-order valence-corrected chi connectivity index (χ0v) is 16.1. The molecule has 1 N–H and O–H groups in total. The van der Waals surface area contributed by atoms with Gasteiger partial charge in [-0.2, -0.15) is 0 Å².